The topological polar surface area (TPSA) is 175 Å². The average molecular weight is 324 g/mol. The van der Waals surface area contributed by atoms with Gasteiger partial charge in [-0.3, -0.25) is 10.2 Å². The Morgan fingerprint density at radius 2 is 1.91 bits per heavy atom. The zero-order valence-electron chi connectivity index (χ0n) is 12.0. The van der Waals surface area contributed by atoms with E-state index in [4.69, 9.17) is 20.8 Å². The van der Waals surface area contributed by atoms with Gasteiger partial charge in [0.1, 0.15) is 36.7 Å². The molecule has 130 valence electrons. The quantitative estimate of drug-likeness (QED) is 0.137. The van der Waals surface area contributed by atoms with Gasteiger partial charge in [-0.1, -0.05) is 6.42 Å². The summed E-state index contributed by atoms with van der Waals surface area (Å²) >= 11 is 0. The van der Waals surface area contributed by atoms with E-state index in [2.05, 4.69) is 10.2 Å². The van der Waals surface area contributed by atoms with Crippen LogP contribution in [0.15, 0.2) is 0 Å². The number of rotatable bonds is 8. The van der Waals surface area contributed by atoms with E-state index >= 15 is 0 Å². The van der Waals surface area contributed by atoms with Gasteiger partial charge in [-0.15, -0.1) is 0 Å². The molecule has 0 bridgehead atoms. The SMILES string of the molecule is NCCCC[C@H](NC1O[C@H](CO)[C@H](O)[C@H](O)[C@H]1O)C(=O)OO. The van der Waals surface area contributed by atoms with Gasteiger partial charge >= 0.3 is 5.97 Å². The molecule has 1 rings (SSSR count). The van der Waals surface area contributed by atoms with Crippen LogP contribution in [0.5, 0.6) is 0 Å². The predicted octanol–water partition coefficient (Wildman–Crippen LogP) is -3.11. The van der Waals surface area contributed by atoms with Gasteiger partial charge in [-0.25, -0.2) is 4.79 Å². The minimum absolute atomic E-state index is 0.256. The highest BCUT2D eigenvalue weighted by atomic mass is 17.1. The molecule has 1 saturated heterocycles. The van der Waals surface area contributed by atoms with E-state index in [1.165, 1.54) is 0 Å². The molecular weight excluding hydrogens is 300 g/mol. The van der Waals surface area contributed by atoms with Gasteiger partial charge in [0.15, 0.2) is 0 Å². The number of hydrogen-bond donors (Lipinski definition) is 7. The Hall–Kier alpha value is -0.850. The van der Waals surface area contributed by atoms with Gasteiger partial charge in [-0.2, -0.15) is 5.26 Å². The van der Waals surface area contributed by atoms with Crippen LogP contribution in [0.4, 0.5) is 0 Å². The van der Waals surface area contributed by atoms with Crippen LogP contribution in [0.1, 0.15) is 19.3 Å². The summed E-state index contributed by atoms with van der Waals surface area (Å²) in [5.74, 6) is -0.978. The highest BCUT2D eigenvalue weighted by Gasteiger charge is 2.44. The van der Waals surface area contributed by atoms with Crippen LogP contribution in [0.25, 0.3) is 0 Å². The third-order valence-electron chi connectivity index (χ3n) is 3.58. The smallest absolute Gasteiger partial charge is 0.358 e. The van der Waals surface area contributed by atoms with Crippen molar-refractivity contribution in [3.05, 3.63) is 0 Å². The Balaban J connectivity index is 2.71. The normalized spacial score (nSPS) is 33.5. The minimum atomic E-state index is -1.56. The van der Waals surface area contributed by atoms with Gasteiger partial charge in [0, 0.05) is 0 Å². The van der Waals surface area contributed by atoms with Crippen LogP contribution in [0.3, 0.4) is 0 Å². The van der Waals surface area contributed by atoms with E-state index in [9.17, 15) is 20.1 Å². The van der Waals surface area contributed by atoms with E-state index in [1.807, 2.05) is 0 Å². The number of nitrogens with one attached hydrogen (secondary N) is 1. The second-order valence-corrected chi connectivity index (χ2v) is 5.16. The summed E-state index contributed by atoms with van der Waals surface area (Å²) in [7, 11) is 0. The second-order valence-electron chi connectivity index (χ2n) is 5.16. The zero-order valence-corrected chi connectivity index (χ0v) is 12.0. The first-order valence-corrected chi connectivity index (χ1v) is 7.08. The molecule has 0 spiro atoms. The molecule has 0 aliphatic carbocycles. The predicted molar refractivity (Wildman–Crippen MR) is 72.3 cm³/mol. The zero-order chi connectivity index (χ0) is 16.7. The molecule has 1 aliphatic rings. The van der Waals surface area contributed by atoms with Gasteiger partial charge in [0.2, 0.25) is 0 Å². The molecule has 10 nitrogen and oxygen atoms in total. The van der Waals surface area contributed by atoms with Crippen molar-refractivity contribution in [3.63, 3.8) is 0 Å². The largest absolute Gasteiger partial charge is 0.394 e. The van der Waals surface area contributed by atoms with Crippen LogP contribution >= 0.6 is 0 Å². The molecule has 1 unspecified atom stereocenters. The van der Waals surface area contributed by atoms with Crippen LogP contribution < -0.4 is 11.1 Å². The molecule has 1 aliphatic heterocycles. The fourth-order valence-electron chi connectivity index (χ4n) is 2.26. The summed E-state index contributed by atoms with van der Waals surface area (Å²) in [6.07, 6.45) is -5.43. The molecule has 0 radical (unpaired) electrons. The molecular formula is C12H24N2O8. The lowest BCUT2D eigenvalue weighted by atomic mass is 9.97. The molecule has 6 atom stereocenters. The van der Waals surface area contributed by atoms with Crippen LogP contribution in [0, 0.1) is 0 Å². The maximum atomic E-state index is 11.5. The lowest BCUT2D eigenvalue weighted by Crippen LogP contribution is -2.64. The second kappa shape index (κ2) is 9.33. The number of carbonyl (C=O) groups is 1. The average Bonchev–Trinajstić information content (AvgIpc) is 2.53. The molecule has 0 saturated carbocycles. The van der Waals surface area contributed by atoms with Crippen LogP contribution in [0.2, 0.25) is 0 Å². The molecule has 0 amide bonds. The Kier molecular flexibility index (Phi) is 8.14. The lowest BCUT2D eigenvalue weighted by molar-refractivity contribution is -0.249. The first kappa shape index (κ1) is 19.2. The number of aliphatic hydroxyl groups is 4. The lowest BCUT2D eigenvalue weighted by Gasteiger charge is -2.41. The Morgan fingerprint density at radius 3 is 2.45 bits per heavy atom. The van der Waals surface area contributed by atoms with Crippen molar-refractivity contribution in [1.29, 1.82) is 0 Å². The molecule has 22 heavy (non-hydrogen) atoms. The van der Waals surface area contributed by atoms with Crippen molar-refractivity contribution < 1.29 is 40.1 Å². The molecule has 1 heterocycles. The maximum Gasteiger partial charge on any atom is 0.358 e. The summed E-state index contributed by atoms with van der Waals surface area (Å²) in [6.45, 7) is -0.146. The molecule has 0 aromatic heterocycles. The Morgan fingerprint density at radius 1 is 1.23 bits per heavy atom. The molecule has 8 N–H and O–H groups in total. The molecule has 0 aromatic rings. The first-order chi connectivity index (χ1) is 10.5. The summed E-state index contributed by atoms with van der Waals surface area (Å²) in [6, 6.07) is -1.00. The summed E-state index contributed by atoms with van der Waals surface area (Å²) in [4.78, 5) is 15.2. The number of nitrogens with two attached hydrogens (primary N) is 1. The number of ether oxygens (including phenoxy) is 1. The van der Waals surface area contributed by atoms with Gasteiger partial charge < -0.3 is 30.9 Å². The van der Waals surface area contributed by atoms with Crippen molar-refractivity contribution in [2.45, 2.75) is 55.9 Å². The van der Waals surface area contributed by atoms with Crippen molar-refractivity contribution >= 4 is 5.97 Å². The maximum absolute atomic E-state index is 11.5. The van der Waals surface area contributed by atoms with Crippen molar-refractivity contribution in [3.8, 4) is 0 Å². The van der Waals surface area contributed by atoms with Gasteiger partial charge in [0.05, 0.1) is 6.61 Å². The van der Waals surface area contributed by atoms with E-state index in [0.29, 0.717) is 19.4 Å². The summed E-state index contributed by atoms with van der Waals surface area (Å²) in [5, 5.41) is 49.4. The molecule has 0 aromatic carbocycles. The van der Waals surface area contributed by atoms with Gasteiger partial charge in [-0.05, 0) is 19.4 Å². The Bertz CT molecular complexity index is 343. The number of aliphatic hydroxyl groups excluding tert-OH is 4. The standard InChI is InChI=1S/C12H24N2O8/c13-4-2-1-3-6(12(19)22-20)14-11-10(18)9(17)8(16)7(5-15)21-11/h6-11,14-18,20H,1-5,13H2/t6-,7+,8-,9-,10+,11?/m0/s1. The number of hydrogen-bond acceptors (Lipinski definition) is 10. The highest BCUT2D eigenvalue weighted by Crippen LogP contribution is 2.20. The summed E-state index contributed by atoms with van der Waals surface area (Å²) in [5.41, 5.74) is 5.36. The van der Waals surface area contributed by atoms with Crippen LogP contribution in [-0.2, 0) is 14.4 Å². The molecule has 1 fully saturated rings. The third kappa shape index (κ3) is 4.83. The van der Waals surface area contributed by atoms with E-state index < -0.39 is 49.3 Å². The van der Waals surface area contributed by atoms with E-state index in [1.54, 1.807) is 0 Å². The highest BCUT2D eigenvalue weighted by molar-refractivity contribution is 5.75. The van der Waals surface area contributed by atoms with Crippen molar-refractivity contribution in [2.24, 2.45) is 5.73 Å². The van der Waals surface area contributed by atoms with Crippen LogP contribution in [-0.4, -0.2) is 81.5 Å². The van der Waals surface area contributed by atoms with Crippen molar-refractivity contribution in [2.75, 3.05) is 13.2 Å². The number of carbonyl (C=O) groups excluding carboxylic acids is 1. The fourth-order valence-corrected chi connectivity index (χ4v) is 2.26. The number of unbranched alkanes of at least 4 members (excludes halogenated alkanes) is 1. The van der Waals surface area contributed by atoms with E-state index in [-0.39, 0.29) is 6.42 Å². The Labute approximate surface area is 127 Å². The fraction of sp³-hybridized carbons (Fsp3) is 0.917. The summed E-state index contributed by atoms with van der Waals surface area (Å²) < 4.78 is 5.23. The van der Waals surface area contributed by atoms with Crippen molar-refractivity contribution in [1.82, 2.24) is 5.32 Å². The monoisotopic (exact) mass is 324 g/mol. The third-order valence-corrected chi connectivity index (χ3v) is 3.58. The van der Waals surface area contributed by atoms with Gasteiger partial charge in [0.25, 0.3) is 0 Å². The first-order valence-electron chi connectivity index (χ1n) is 7.08. The molecule has 10 heteroatoms. The minimum Gasteiger partial charge on any atom is -0.394 e. The van der Waals surface area contributed by atoms with E-state index in [0.717, 1.165) is 0 Å².